The van der Waals surface area contributed by atoms with Crippen LogP contribution in [0.1, 0.15) is 19.9 Å². The molecule has 0 spiro atoms. The van der Waals surface area contributed by atoms with Crippen LogP contribution in [0.4, 0.5) is 5.95 Å². The molecule has 1 heterocycles. The van der Waals surface area contributed by atoms with Crippen LogP contribution in [0.5, 0.6) is 0 Å². The number of aromatic nitrogens is 2. The largest absolute Gasteiger partial charge is 0.369 e. The van der Waals surface area contributed by atoms with E-state index in [4.69, 9.17) is 5.73 Å². The first-order valence-electron chi connectivity index (χ1n) is 6.38. The van der Waals surface area contributed by atoms with Gasteiger partial charge in [0.15, 0.2) is 0 Å². The fourth-order valence-electron chi connectivity index (χ4n) is 2.38. The molecule has 0 bridgehead atoms. The van der Waals surface area contributed by atoms with E-state index in [1.807, 2.05) is 18.2 Å². The number of para-hydroxylation sites is 2. The van der Waals surface area contributed by atoms with Gasteiger partial charge in [0.2, 0.25) is 5.95 Å². The summed E-state index contributed by atoms with van der Waals surface area (Å²) in [7, 11) is 4.18. The van der Waals surface area contributed by atoms with Gasteiger partial charge in [0.25, 0.3) is 0 Å². The van der Waals surface area contributed by atoms with Gasteiger partial charge in [-0.05, 0) is 32.1 Å². The molecule has 1 atom stereocenters. The maximum atomic E-state index is 6.10. The minimum absolute atomic E-state index is 0.340. The van der Waals surface area contributed by atoms with Crippen molar-refractivity contribution in [3.63, 3.8) is 0 Å². The molecule has 18 heavy (non-hydrogen) atoms. The zero-order chi connectivity index (χ0) is 13.3. The summed E-state index contributed by atoms with van der Waals surface area (Å²) < 4.78 is 2.17. The Bertz CT molecular complexity index is 528. The third-order valence-corrected chi connectivity index (χ3v) is 3.28. The molecule has 4 nitrogen and oxygen atoms in total. The second-order valence-corrected chi connectivity index (χ2v) is 5.40. The van der Waals surface area contributed by atoms with Gasteiger partial charge in [-0.2, -0.15) is 0 Å². The quantitative estimate of drug-likeness (QED) is 0.901. The van der Waals surface area contributed by atoms with E-state index in [1.165, 1.54) is 0 Å². The average Bonchev–Trinajstić information content (AvgIpc) is 2.61. The van der Waals surface area contributed by atoms with E-state index in [0.29, 0.717) is 17.9 Å². The van der Waals surface area contributed by atoms with E-state index in [0.717, 1.165) is 17.6 Å². The Morgan fingerprint density at radius 1 is 1.28 bits per heavy atom. The van der Waals surface area contributed by atoms with Crippen molar-refractivity contribution < 1.29 is 0 Å². The number of nitrogens with two attached hydrogens (primary N) is 1. The highest BCUT2D eigenvalue weighted by Gasteiger charge is 2.21. The SMILES string of the molecule is CC(C)C(CN(C)C)n1c(N)nc2ccccc21. The molecule has 0 saturated heterocycles. The van der Waals surface area contributed by atoms with E-state index < -0.39 is 0 Å². The average molecular weight is 246 g/mol. The fourth-order valence-corrected chi connectivity index (χ4v) is 2.38. The molecule has 0 aliphatic carbocycles. The lowest BCUT2D eigenvalue weighted by Crippen LogP contribution is -2.28. The number of nitrogens with zero attached hydrogens (tertiary/aromatic N) is 3. The fraction of sp³-hybridized carbons (Fsp3) is 0.500. The summed E-state index contributed by atoms with van der Waals surface area (Å²) in [6, 6.07) is 8.47. The zero-order valence-corrected chi connectivity index (χ0v) is 11.6. The Labute approximate surface area is 108 Å². The van der Waals surface area contributed by atoms with Gasteiger partial charge in [-0.3, -0.25) is 0 Å². The van der Waals surface area contributed by atoms with Gasteiger partial charge in [0.05, 0.1) is 17.1 Å². The van der Waals surface area contributed by atoms with Crippen LogP contribution in [0.25, 0.3) is 11.0 Å². The first-order valence-corrected chi connectivity index (χ1v) is 6.38. The standard InChI is InChI=1S/C14H22N4/c1-10(2)13(9-17(3)4)18-12-8-6-5-7-11(12)16-14(18)15/h5-8,10,13H,9H2,1-4H3,(H2,15,16). The number of hydrogen-bond acceptors (Lipinski definition) is 3. The Balaban J connectivity index is 2.52. The van der Waals surface area contributed by atoms with Crippen molar-refractivity contribution >= 4 is 17.0 Å². The molecule has 2 N–H and O–H groups in total. The van der Waals surface area contributed by atoms with Crippen LogP contribution in [0.3, 0.4) is 0 Å². The van der Waals surface area contributed by atoms with Crippen LogP contribution in [-0.2, 0) is 0 Å². The second-order valence-electron chi connectivity index (χ2n) is 5.40. The maximum Gasteiger partial charge on any atom is 0.201 e. The summed E-state index contributed by atoms with van der Waals surface area (Å²) in [6.07, 6.45) is 0. The molecule has 2 aromatic rings. The highest BCUT2D eigenvalue weighted by molar-refractivity contribution is 5.78. The van der Waals surface area contributed by atoms with Gasteiger partial charge in [-0.25, -0.2) is 4.98 Å². The number of anilines is 1. The summed E-state index contributed by atoms with van der Waals surface area (Å²) in [4.78, 5) is 6.64. The van der Waals surface area contributed by atoms with Crippen LogP contribution in [0, 0.1) is 5.92 Å². The molecule has 0 fully saturated rings. The molecule has 4 heteroatoms. The molecular formula is C14H22N4. The van der Waals surface area contributed by atoms with E-state index in [-0.39, 0.29) is 0 Å². The van der Waals surface area contributed by atoms with Gasteiger partial charge < -0.3 is 15.2 Å². The van der Waals surface area contributed by atoms with Gasteiger partial charge in [-0.15, -0.1) is 0 Å². The lowest BCUT2D eigenvalue weighted by Gasteiger charge is -2.27. The summed E-state index contributed by atoms with van der Waals surface area (Å²) in [5.74, 6) is 1.11. The smallest absolute Gasteiger partial charge is 0.201 e. The normalized spacial score (nSPS) is 13.7. The third kappa shape index (κ3) is 2.34. The van der Waals surface area contributed by atoms with Crippen LogP contribution >= 0.6 is 0 Å². The lowest BCUT2D eigenvalue weighted by atomic mass is 10.0. The van der Waals surface area contributed by atoms with E-state index >= 15 is 0 Å². The van der Waals surface area contributed by atoms with Crippen LogP contribution in [-0.4, -0.2) is 35.1 Å². The van der Waals surface area contributed by atoms with Crippen molar-refractivity contribution in [1.82, 2.24) is 14.5 Å². The molecule has 1 aromatic carbocycles. The van der Waals surface area contributed by atoms with E-state index in [1.54, 1.807) is 0 Å². The lowest BCUT2D eigenvalue weighted by molar-refractivity contribution is 0.275. The van der Waals surface area contributed by atoms with Crippen LogP contribution in [0.2, 0.25) is 0 Å². The number of imidazole rings is 1. The minimum Gasteiger partial charge on any atom is -0.369 e. The van der Waals surface area contributed by atoms with Crippen LogP contribution < -0.4 is 5.73 Å². The van der Waals surface area contributed by atoms with Gasteiger partial charge >= 0.3 is 0 Å². The number of nitrogen functional groups attached to an aromatic ring is 1. The third-order valence-electron chi connectivity index (χ3n) is 3.28. The van der Waals surface area contributed by atoms with Gasteiger partial charge in [0, 0.05) is 6.54 Å². The monoisotopic (exact) mass is 246 g/mol. The van der Waals surface area contributed by atoms with Crippen molar-refractivity contribution in [2.24, 2.45) is 5.92 Å². The molecule has 0 amide bonds. The van der Waals surface area contributed by atoms with Crippen LogP contribution in [0.15, 0.2) is 24.3 Å². The Morgan fingerprint density at radius 3 is 2.56 bits per heavy atom. The van der Waals surface area contributed by atoms with Crippen molar-refractivity contribution in [1.29, 1.82) is 0 Å². The first kappa shape index (κ1) is 12.9. The maximum absolute atomic E-state index is 6.10. The van der Waals surface area contributed by atoms with Crippen molar-refractivity contribution in [3.05, 3.63) is 24.3 Å². The highest BCUT2D eigenvalue weighted by atomic mass is 15.2. The van der Waals surface area contributed by atoms with Gasteiger partial charge in [0.1, 0.15) is 0 Å². The Hall–Kier alpha value is -1.55. The number of likely N-dealkylation sites (N-methyl/N-ethyl adjacent to an activating group) is 1. The van der Waals surface area contributed by atoms with Crippen molar-refractivity contribution in [3.8, 4) is 0 Å². The summed E-state index contributed by atoms with van der Waals surface area (Å²) in [5.41, 5.74) is 8.19. The number of hydrogen-bond donors (Lipinski definition) is 1. The van der Waals surface area contributed by atoms with E-state index in [2.05, 4.69) is 48.5 Å². The highest BCUT2D eigenvalue weighted by Crippen LogP contribution is 2.27. The summed E-state index contributed by atoms with van der Waals surface area (Å²) in [6.45, 7) is 5.41. The number of fused-ring (bicyclic) bond motifs is 1. The predicted octanol–water partition coefficient (Wildman–Crippen LogP) is 2.38. The number of rotatable bonds is 4. The Morgan fingerprint density at radius 2 is 1.94 bits per heavy atom. The van der Waals surface area contributed by atoms with E-state index in [9.17, 15) is 0 Å². The predicted molar refractivity (Wildman–Crippen MR) is 76.6 cm³/mol. The summed E-state index contributed by atoms with van der Waals surface area (Å²) >= 11 is 0. The molecule has 0 aliphatic heterocycles. The van der Waals surface area contributed by atoms with Crippen molar-refractivity contribution in [2.45, 2.75) is 19.9 Å². The number of benzene rings is 1. The topological polar surface area (TPSA) is 47.1 Å². The van der Waals surface area contributed by atoms with Crippen molar-refractivity contribution in [2.75, 3.05) is 26.4 Å². The molecule has 2 rings (SSSR count). The zero-order valence-electron chi connectivity index (χ0n) is 11.6. The molecule has 0 saturated carbocycles. The molecular weight excluding hydrogens is 224 g/mol. The Kier molecular flexibility index (Phi) is 3.57. The summed E-state index contributed by atoms with van der Waals surface area (Å²) in [5, 5.41) is 0. The molecule has 98 valence electrons. The first-order chi connectivity index (χ1) is 8.50. The molecule has 0 aliphatic rings. The second kappa shape index (κ2) is 4.98. The molecule has 1 aromatic heterocycles. The molecule has 0 radical (unpaired) electrons. The minimum atomic E-state index is 0.340. The van der Waals surface area contributed by atoms with Gasteiger partial charge in [-0.1, -0.05) is 26.0 Å². The molecule has 1 unspecified atom stereocenters.